The number of nitriles is 1. The summed E-state index contributed by atoms with van der Waals surface area (Å²) in [5.41, 5.74) is 5.89. The Balaban J connectivity index is 2.02. The molecule has 0 amide bonds. The number of hydrogen-bond donors (Lipinski definition) is 0. The second kappa shape index (κ2) is 9.50. The van der Waals surface area contributed by atoms with E-state index < -0.39 is 5.54 Å². The number of pyridine rings is 1. The van der Waals surface area contributed by atoms with Crippen molar-refractivity contribution in [3.05, 3.63) is 131 Å². The van der Waals surface area contributed by atoms with Gasteiger partial charge in [0, 0.05) is 18.0 Å². The van der Waals surface area contributed by atoms with Crippen LogP contribution >= 0.6 is 0 Å². The van der Waals surface area contributed by atoms with Crippen LogP contribution < -0.4 is 0 Å². The minimum absolute atomic E-state index is 0.539. The molecule has 0 fully saturated rings. The minimum Gasteiger partial charge on any atom is -0.255 e. The van der Waals surface area contributed by atoms with Crippen LogP contribution in [0.1, 0.15) is 36.2 Å². The summed E-state index contributed by atoms with van der Waals surface area (Å²) >= 11 is 0. The zero-order valence-corrected chi connectivity index (χ0v) is 19.1. The second-order valence-electron chi connectivity index (χ2n) is 7.93. The second-order valence-corrected chi connectivity index (χ2v) is 7.93. The van der Waals surface area contributed by atoms with Crippen molar-refractivity contribution < 1.29 is 0 Å². The average Bonchev–Trinajstić information content (AvgIpc) is 3.26. The van der Waals surface area contributed by atoms with E-state index in [-0.39, 0.29) is 0 Å². The van der Waals surface area contributed by atoms with Gasteiger partial charge in [-0.05, 0) is 49.6 Å². The molecular formula is C29H26N4. The number of hydrogen-bond acceptors (Lipinski definition) is 3. The normalized spacial score (nSPS) is 12.1. The quantitative estimate of drug-likeness (QED) is 0.331. The van der Waals surface area contributed by atoms with Gasteiger partial charge in [0.05, 0.1) is 17.0 Å². The Morgan fingerprint density at radius 3 is 2.12 bits per heavy atom. The van der Waals surface area contributed by atoms with E-state index in [2.05, 4.69) is 89.5 Å². The molecule has 4 aromatic rings. The number of rotatable bonds is 6. The summed E-state index contributed by atoms with van der Waals surface area (Å²) in [6.07, 6.45) is 9.92. The molecule has 0 N–H and O–H groups in total. The van der Waals surface area contributed by atoms with Crippen LogP contribution in [0.2, 0.25) is 0 Å². The maximum Gasteiger partial charge on any atom is 0.134 e. The third kappa shape index (κ3) is 4.02. The van der Waals surface area contributed by atoms with Crippen molar-refractivity contribution in [2.24, 2.45) is 0 Å². The van der Waals surface area contributed by atoms with Crippen molar-refractivity contribution >= 4 is 0 Å². The van der Waals surface area contributed by atoms with Crippen molar-refractivity contribution in [2.45, 2.75) is 26.3 Å². The Morgan fingerprint density at radius 1 is 0.970 bits per heavy atom. The average molecular weight is 431 g/mol. The van der Waals surface area contributed by atoms with Gasteiger partial charge in [0.25, 0.3) is 0 Å². The highest BCUT2D eigenvalue weighted by Gasteiger charge is 2.39. The van der Waals surface area contributed by atoms with Crippen LogP contribution in [-0.4, -0.2) is 14.8 Å². The number of allylic oxidation sites excluding steroid dienone is 4. The van der Waals surface area contributed by atoms with Gasteiger partial charge in [-0.25, -0.2) is 0 Å². The Morgan fingerprint density at radius 2 is 1.61 bits per heavy atom. The van der Waals surface area contributed by atoms with Gasteiger partial charge in [0.1, 0.15) is 11.6 Å². The van der Waals surface area contributed by atoms with Crippen molar-refractivity contribution in [1.29, 1.82) is 5.26 Å². The summed E-state index contributed by atoms with van der Waals surface area (Å²) in [6.45, 7) is 6.16. The van der Waals surface area contributed by atoms with Gasteiger partial charge in [0.2, 0.25) is 0 Å². The molecule has 0 aliphatic rings. The maximum absolute atomic E-state index is 9.13. The number of benzene rings is 2. The van der Waals surface area contributed by atoms with Crippen molar-refractivity contribution in [3.8, 4) is 17.3 Å². The molecule has 0 radical (unpaired) electrons. The first-order valence-corrected chi connectivity index (χ1v) is 11.0. The lowest BCUT2D eigenvalue weighted by Gasteiger charge is -2.37. The fourth-order valence-electron chi connectivity index (χ4n) is 4.29. The number of aryl methyl sites for hydroxylation is 1. The predicted octanol–water partition coefficient (Wildman–Crippen LogP) is 6.44. The van der Waals surface area contributed by atoms with Crippen LogP contribution in [0.15, 0.2) is 109 Å². The maximum atomic E-state index is 9.13. The summed E-state index contributed by atoms with van der Waals surface area (Å²) in [5.74, 6) is 0. The van der Waals surface area contributed by atoms with Gasteiger partial charge >= 0.3 is 0 Å². The molecule has 0 bridgehead atoms. The molecule has 0 aliphatic carbocycles. The van der Waals surface area contributed by atoms with Crippen LogP contribution in [0.5, 0.6) is 0 Å². The van der Waals surface area contributed by atoms with Gasteiger partial charge in [-0.1, -0.05) is 78.9 Å². The Labute approximate surface area is 195 Å². The highest BCUT2D eigenvalue weighted by atomic mass is 15.3. The van der Waals surface area contributed by atoms with E-state index in [1.807, 2.05) is 38.1 Å². The molecule has 0 saturated carbocycles. The third-order valence-electron chi connectivity index (χ3n) is 5.90. The first kappa shape index (κ1) is 22.0. The zero-order chi connectivity index (χ0) is 23.3. The van der Waals surface area contributed by atoms with Crippen molar-refractivity contribution in [1.82, 2.24) is 14.8 Å². The molecular weight excluding hydrogens is 404 g/mol. The van der Waals surface area contributed by atoms with E-state index >= 15 is 0 Å². The highest BCUT2D eigenvalue weighted by molar-refractivity contribution is 5.62. The predicted molar refractivity (Wildman–Crippen MR) is 133 cm³/mol. The zero-order valence-electron chi connectivity index (χ0n) is 19.1. The Kier molecular flexibility index (Phi) is 6.33. The number of nitrogens with zero attached hydrogens (tertiary/aromatic N) is 4. The SMILES string of the molecule is C/C=C\C=C(/C)C(c1ccccc1)(c1ccccc1)n1cc(-c2ccc(C#N)cn2)c(C)n1. The summed E-state index contributed by atoms with van der Waals surface area (Å²) in [6, 6.07) is 26.7. The molecule has 0 spiro atoms. The Hall–Kier alpha value is -4.23. The van der Waals surface area contributed by atoms with Crippen molar-refractivity contribution in [2.75, 3.05) is 0 Å². The summed E-state index contributed by atoms with van der Waals surface area (Å²) in [4.78, 5) is 4.51. The van der Waals surface area contributed by atoms with E-state index in [0.29, 0.717) is 5.56 Å². The third-order valence-corrected chi connectivity index (χ3v) is 5.90. The van der Waals surface area contributed by atoms with Crippen LogP contribution in [0, 0.1) is 18.3 Å². The van der Waals surface area contributed by atoms with Crippen LogP contribution in [0.3, 0.4) is 0 Å². The van der Waals surface area contributed by atoms with Gasteiger partial charge in [-0.3, -0.25) is 9.67 Å². The van der Waals surface area contributed by atoms with E-state index in [0.717, 1.165) is 33.7 Å². The standard InChI is InChI=1S/C29H26N4/c1-4-5-12-22(2)29(25-13-8-6-9-14-25,26-15-10-7-11-16-26)33-21-27(23(3)32-33)28-18-17-24(19-30)20-31-28/h4-18,20-21H,1-3H3/b5-4-,22-12+. The van der Waals surface area contributed by atoms with Crippen LogP contribution in [0.25, 0.3) is 11.3 Å². The van der Waals surface area contributed by atoms with E-state index in [1.54, 1.807) is 12.3 Å². The molecule has 2 aromatic heterocycles. The van der Waals surface area contributed by atoms with Gasteiger partial charge in [-0.2, -0.15) is 10.4 Å². The largest absolute Gasteiger partial charge is 0.255 e. The fraction of sp³-hybridized carbons (Fsp3) is 0.138. The molecule has 4 nitrogen and oxygen atoms in total. The molecule has 0 atom stereocenters. The lowest BCUT2D eigenvalue weighted by molar-refractivity contribution is 0.448. The first-order chi connectivity index (χ1) is 16.1. The molecule has 4 heteroatoms. The van der Waals surface area contributed by atoms with Crippen molar-refractivity contribution in [3.63, 3.8) is 0 Å². The van der Waals surface area contributed by atoms with E-state index in [4.69, 9.17) is 10.4 Å². The van der Waals surface area contributed by atoms with Crippen LogP contribution in [0.4, 0.5) is 0 Å². The summed E-state index contributed by atoms with van der Waals surface area (Å²) in [7, 11) is 0. The van der Waals surface area contributed by atoms with Gasteiger partial charge < -0.3 is 0 Å². The lowest BCUT2D eigenvalue weighted by atomic mass is 9.77. The van der Waals surface area contributed by atoms with Gasteiger partial charge in [0.15, 0.2) is 0 Å². The lowest BCUT2D eigenvalue weighted by Crippen LogP contribution is -2.38. The topological polar surface area (TPSA) is 54.5 Å². The fourth-order valence-corrected chi connectivity index (χ4v) is 4.29. The van der Waals surface area contributed by atoms with Crippen LogP contribution in [-0.2, 0) is 5.54 Å². The molecule has 0 aliphatic heterocycles. The van der Waals surface area contributed by atoms with Gasteiger partial charge in [-0.15, -0.1) is 0 Å². The molecule has 2 aromatic carbocycles. The molecule has 33 heavy (non-hydrogen) atoms. The minimum atomic E-state index is -0.641. The highest BCUT2D eigenvalue weighted by Crippen LogP contribution is 2.41. The molecule has 0 saturated heterocycles. The summed E-state index contributed by atoms with van der Waals surface area (Å²) < 4.78 is 2.05. The summed E-state index contributed by atoms with van der Waals surface area (Å²) in [5, 5.41) is 14.2. The molecule has 162 valence electrons. The monoisotopic (exact) mass is 430 g/mol. The smallest absolute Gasteiger partial charge is 0.134 e. The molecule has 2 heterocycles. The molecule has 4 rings (SSSR count). The van der Waals surface area contributed by atoms with E-state index in [1.165, 1.54) is 0 Å². The van der Waals surface area contributed by atoms with E-state index in [9.17, 15) is 0 Å². The molecule has 0 unspecified atom stereocenters. The first-order valence-electron chi connectivity index (χ1n) is 11.0. The Bertz CT molecular complexity index is 1280. The number of aromatic nitrogens is 3.